The molecule has 8 heteroatoms. The van der Waals surface area contributed by atoms with E-state index in [1.54, 1.807) is 24.0 Å². The van der Waals surface area contributed by atoms with Crippen molar-refractivity contribution in [3.63, 3.8) is 0 Å². The maximum absolute atomic E-state index is 12.9. The fraction of sp³-hybridized carbons (Fsp3) is 0.588. The van der Waals surface area contributed by atoms with Crippen LogP contribution in [0.1, 0.15) is 19.4 Å². The van der Waals surface area contributed by atoms with Crippen LogP contribution in [-0.2, 0) is 14.8 Å². The van der Waals surface area contributed by atoms with E-state index in [1.807, 2.05) is 24.8 Å². The van der Waals surface area contributed by atoms with Crippen LogP contribution in [0.4, 0.5) is 0 Å². The first-order chi connectivity index (χ1) is 11.8. The Bertz CT molecular complexity index is 712. The molecule has 0 N–H and O–H groups in total. The van der Waals surface area contributed by atoms with Gasteiger partial charge in [0.15, 0.2) is 0 Å². The normalized spacial score (nSPS) is 16.8. The van der Waals surface area contributed by atoms with Crippen LogP contribution in [0.5, 0.6) is 0 Å². The van der Waals surface area contributed by atoms with E-state index in [1.165, 1.54) is 4.31 Å². The Morgan fingerprint density at radius 1 is 1.16 bits per heavy atom. The van der Waals surface area contributed by atoms with E-state index in [4.69, 9.17) is 0 Å². The van der Waals surface area contributed by atoms with Crippen molar-refractivity contribution in [2.45, 2.75) is 25.7 Å². The molecule has 0 unspecified atom stereocenters. The van der Waals surface area contributed by atoms with Crippen LogP contribution in [0.15, 0.2) is 27.6 Å². The molecule has 1 aliphatic heterocycles. The van der Waals surface area contributed by atoms with E-state index in [9.17, 15) is 13.2 Å². The first-order valence-corrected chi connectivity index (χ1v) is 10.8. The lowest BCUT2D eigenvalue weighted by Gasteiger charge is -2.34. The molecule has 25 heavy (non-hydrogen) atoms. The highest BCUT2D eigenvalue weighted by atomic mass is 79.9. The molecule has 0 atom stereocenters. The van der Waals surface area contributed by atoms with Crippen LogP contribution >= 0.6 is 15.9 Å². The van der Waals surface area contributed by atoms with Gasteiger partial charge in [-0.1, -0.05) is 22.0 Å². The summed E-state index contributed by atoms with van der Waals surface area (Å²) in [6.45, 7) is 9.43. The first kappa shape index (κ1) is 20.4. The molecular weight excluding hydrogens is 406 g/mol. The lowest BCUT2D eigenvalue weighted by Crippen LogP contribution is -2.51. The number of piperazine rings is 1. The Morgan fingerprint density at radius 3 is 2.32 bits per heavy atom. The van der Waals surface area contributed by atoms with Crippen LogP contribution in [0.3, 0.4) is 0 Å². The molecule has 0 radical (unpaired) electrons. The highest BCUT2D eigenvalue weighted by Gasteiger charge is 2.30. The number of benzene rings is 1. The summed E-state index contributed by atoms with van der Waals surface area (Å²) in [4.78, 5) is 16.4. The van der Waals surface area contributed by atoms with Crippen molar-refractivity contribution in [2.75, 3.05) is 45.8 Å². The summed E-state index contributed by atoms with van der Waals surface area (Å²) in [5, 5.41) is 0. The fourth-order valence-electron chi connectivity index (χ4n) is 2.99. The van der Waals surface area contributed by atoms with Gasteiger partial charge in [-0.3, -0.25) is 9.69 Å². The average molecular weight is 432 g/mol. The Morgan fingerprint density at radius 2 is 1.76 bits per heavy atom. The van der Waals surface area contributed by atoms with Gasteiger partial charge < -0.3 is 4.90 Å². The van der Waals surface area contributed by atoms with Gasteiger partial charge in [0.25, 0.3) is 0 Å². The van der Waals surface area contributed by atoms with Crippen molar-refractivity contribution in [3.8, 4) is 0 Å². The number of hydrogen-bond acceptors (Lipinski definition) is 4. The number of nitrogens with zero attached hydrogens (tertiary/aromatic N) is 3. The van der Waals surface area contributed by atoms with Crippen LogP contribution in [0.2, 0.25) is 0 Å². The van der Waals surface area contributed by atoms with E-state index in [0.29, 0.717) is 50.7 Å². The zero-order valence-corrected chi connectivity index (χ0v) is 17.4. The van der Waals surface area contributed by atoms with Gasteiger partial charge in [0, 0.05) is 43.7 Å². The number of aryl methyl sites for hydroxylation is 1. The molecule has 1 amide bonds. The van der Waals surface area contributed by atoms with Gasteiger partial charge in [0.05, 0.1) is 11.4 Å². The Kier molecular flexibility index (Phi) is 7.01. The Balaban J connectivity index is 2.02. The Hall–Kier alpha value is -0.960. The topological polar surface area (TPSA) is 60.9 Å². The average Bonchev–Trinajstić information content (AvgIpc) is 2.58. The molecule has 1 aromatic carbocycles. The van der Waals surface area contributed by atoms with Gasteiger partial charge in [-0.05, 0) is 38.5 Å². The zero-order chi connectivity index (χ0) is 18.6. The molecule has 140 valence electrons. The Labute approximate surface area is 159 Å². The molecule has 0 aromatic heterocycles. The number of carbonyl (C=O) groups excluding carboxylic acids is 1. The van der Waals surface area contributed by atoms with Gasteiger partial charge in [0.1, 0.15) is 0 Å². The predicted molar refractivity (Wildman–Crippen MR) is 102 cm³/mol. The van der Waals surface area contributed by atoms with E-state index in [-0.39, 0.29) is 5.91 Å². The van der Waals surface area contributed by atoms with E-state index < -0.39 is 10.0 Å². The van der Waals surface area contributed by atoms with E-state index in [0.717, 1.165) is 10.0 Å². The minimum absolute atomic E-state index is 0.101. The smallest absolute Gasteiger partial charge is 0.243 e. The first-order valence-electron chi connectivity index (χ1n) is 8.56. The molecule has 0 spiro atoms. The molecule has 0 saturated carbocycles. The van der Waals surface area contributed by atoms with Crippen LogP contribution in [0, 0.1) is 6.92 Å². The van der Waals surface area contributed by atoms with Gasteiger partial charge in [0.2, 0.25) is 15.9 Å². The minimum atomic E-state index is -3.51. The third-order valence-electron chi connectivity index (χ3n) is 4.57. The number of amides is 1. The number of rotatable bonds is 6. The summed E-state index contributed by atoms with van der Waals surface area (Å²) in [5.74, 6) is 0.101. The highest BCUT2D eigenvalue weighted by Crippen LogP contribution is 2.24. The SMILES string of the molecule is CCN(CC)C(=O)CN1CCN(S(=O)(=O)c2cc(Br)ccc2C)CC1. The van der Waals surface area contributed by atoms with Crippen molar-refractivity contribution < 1.29 is 13.2 Å². The van der Waals surface area contributed by atoms with Gasteiger partial charge in [-0.15, -0.1) is 0 Å². The number of sulfonamides is 1. The third kappa shape index (κ3) is 4.81. The number of halogens is 1. The van der Waals surface area contributed by atoms with Crippen LogP contribution in [0.25, 0.3) is 0 Å². The minimum Gasteiger partial charge on any atom is -0.342 e. The lowest BCUT2D eigenvalue weighted by atomic mass is 10.2. The van der Waals surface area contributed by atoms with Crippen molar-refractivity contribution in [1.29, 1.82) is 0 Å². The third-order valence-corrected chi connectivity index (χ3v) is 7.11. The monoisotopic (exact) mass is 431 g/mol. The molecule has 0 aliphatic carbocycles. The molecule has 6 nitrogen and oxygen atoms in total. The second-order valence-electron chi connectivity index (χ2n) is 6.16. The van der Waals surface area contributed by atoms with Gasteiger partial charge in [-0.25, -0.2) is 8.42 Å². The molecule has 1 fully saturated rings. The summed E-state index contributed by atoms with van der Waals surface area (Å²) >= 11 is 3.34. The van der Waals surface area contributed by atoms with Crippen LogP contribution in [-0.4, -0.2) is 74.2 Å². The number of hydrogen-bond donors (Lipinski definition) is 0. The second kappa shape index (κ2) is 8.62. The van der Waals surface area contributed by atoms with E-state index in [2.05, 4.69) is 15.9 Å². The predicted octanol–water partition coefficient (Wildman–Crippen LogP) is 1.93. The highest BCUT2D eigenvalue weighted by molar-refractivity contribution is 9.10. The summed E-state index contributed by atoms with van der Waals surface area (Å²) in [6, 6.07) is 5.29. The quantitative estimate of drug-likeness (QED) is 0.690. The maximum Gasteiger partial charge on any atom is 0.243 e. The molecule has 1 aliphatic rings. The van der Waals surface area contributed by atoms with Crippen LogP contribution < -0.4 is 0 Å². The zero-order valence-electron chi connectivity index (χ0n) is 15.0. The molecular formula is C17H26BrN3O3S. The number of carbonyl (C=O) groups is 1. The number of likely N-dealkylation sites (N-methyl/N-ethyl adjacent to an activating group) is 1. The molecule has 1 saturated heterocycles. The second-order valence-corrected chi connectivity index (χ2v) is 8.98. The van der Waals surface area contributed by atoms with Crippen molar-refractivity contribution in [3.05, 3.63) is 28.2 Å². The lowest BCUT2D eigenvalue weighted by molar-refractivity contribution is -0.132. The standard InChI is InChI=1S/C17H26BrN3O3S/c1-4-20(5-2)17(22)13-19-8-10-21(11-9-19)25(23,24)16-12-15(18)7-6-14(16)3/h6-7,12H,4-5,8-11,13H2,1-3H3. The summed E-state index contributed by atoms with van der Waals surface area (Å²) in [6.07, 6.45) is 0. The molecule has 2 rings (SSSR count). The molecule has 1 aromatic rings. The van der Waals surface area contributed by atoms with Gasteiger partial charge in [-0.2, -0.15) is 4.31 Å². The van der Waals surface area contributed by atoms with Crippen molar-refractivity contribution in [2.24, 2.45) is 0 Å². The fourth-order valence-corrected chi connectivity index (χ4v) is 5.17. The van der Waals surface area contributed by atoms with Crippen molar-refractivity contribution in [1.82, 2.24) is 14.1 Å². The largest absolute Gasteiger partial charge is 0.342 e. The summed E-state index contributed by atoms with van der Waals surface area (Å²) in [5.41, 5.74) is 0.738. The summed E-state index contributed by atoms with van der Waals surface area (Å²) in [7, 11) is -3.51. The molecule has 1 heterocycles. The van der Waals surface area contributed by atoms with Crippen molar-refractivity contribution >= 4 is 31.9 Å². The summed E-state index contributed by atoms with van der Waals surface area (Å²) < 4.78 is 28.1. The maximum atomic E-state index is 12.9. The molecule has 0 bridgehead atoms. The van der Waals surface area contributed by atoms with Gasteiger partial charge >= 0.3 is 0 Å². The van der Waals surface area contributed by atoms with E-state index >= 15 is 0 Å².